The first-order valence-corrected chi connectivity index (χ1v) is 11.9. The average molecular weight is 437 g/mol. The molecule has 2 aromatic rings. The fraction of sp³-hybridized carbons (Fsp3) is 0.500. The van der Waals surface area contributed by atoms with Crippen molar-refractivity contribution in [2.75, 3.05) is 39.4 Å². The summed E-state index contributed by atoms with van der Waals surface area (Å²) in [5.41, 5.74) is 1.16. The van der Waals surface area contributed by atoms with E-state index < -0.39 is 0 Å². The topological polar surface area (TPSA) is 51.2 Å². The van der Waals surface area contributed by atoms with Gasteiger partial charge in [-0.05, 0) is 62.4 Å². The normalized spacial score (nSPS) is 23.9. The van der Waals surface area contributed by atoms with Crippen molar-refractivity contribution in [3.8, 4) is 11.5 Å². The van der Waals surface area contributed by atoms with Crippen molar-refractivity contribution in [1.29, 1.82) is 0 Å². The van der Waals surface area contributed by atoms with Crippen molar-refractivity contribution in [2.24, 2.45) is 5.92 Å². The van der Waals surface area contributed by atoms with E-state index >= 15 is 0 Å². The Hall–Kier alpha value is -2.73. The fourth-order valence-electron chi connectivity index (χ4n) is 5.10. The van der Waals surface area contributed by atoms with Crippen LogP contribution in [0.3, 0.4) is 0 Å². The summed E-state index contributed by atoms with van der Waals surface area (Å²) in [7, 11) is 0. The monoisotopic (exact) mass is 436 g/mol. The molecule has 2 saturated heterocycles. The number of cyclic esters (lactones) is 1. The quantitative estimate of drug-likeness (QED) is 0.639. The molecule has 0 N–H and O–H groups in total. The van der Waals surface area contributed by atoms with Gasteiger partial charge in [0.2, 0.25) is 0 Å². The van der Waals surface area contributed by atoms with Crippen LogP contribution in [0.15, 0.2) is 54.6 Å². The number of ether oxygens (including phenoxy) is 3. The fourth-order valence-corrected chi connectivity index (χ4v) is 5.10. The molecule has 2 atom stereocenters. The maximum atomic E-state index is 12.2. The first-order valence-electron chi connectivity index (χ1n) is 11.9. The number of piperidine rings is 1. The van der Waals surface area contributed by atoms with Crippen LogP contribution in [0.1, 0.15) is 37.3 Å². The highest BCUT2D eigenvalue weighted by atomic mass is 16.6. The van der Waals surface area contributed by atoms with Gasteiger partial charge in [-0.2, -0.15) is 0 Å². The van der Waals surface area contributed by atoms with Crippen LogP contribution in [0, 0.1) is 5.92 Å². The zero-order valence-electron chi connectivity index (χ0n) is 18.5. The van der Waals surface area contributed by atoms with Crippen LogP contribution < -0.4 is 9.47 Å². The van der Waals surface area contributed by atoms with Gasteiger partial charge in [0.1, 0.15) is 19.3 Å². The second-order valence-electron chi connectivity index (χ2n) is 9.08. The molecule has 0 spiro atoms. The van der Waals surface area contributed by atoms with Gasteiger partial charge in [-0.25, -0.2) is 4.79 Å². The van der Waals surface area contributed by atoms with E-state index in [1.54, 1.807) is 0 Å². The van der Waals surface area contributed by atoms with Gasteiger partial charge in [0.15, 0.2) is 11.5 Å². The Kier molecular flexibility index (Phi) is 6.49. The first kappa shape index (κ1) is 21.1. The van der Waals surface area contributed by atoms with Crippen LogP contribution >= 0.6 is 0 Å². The lowest BCUT2D eigenvalue weighted by molar-refractivity contribution is 0.0469. The van der Waals surface area contributed by atoms with Crippen LogP contribution in [0.2, 0.25) is 0 Å². The smallest absolute Gasteiger partial charge is 0.410 e. The van der Waals surface area contributed by atoms with Gasteiger partial charge in [0, 0.05) is 13.1 Å². The third-order valence-electron chi connectivity index (χ3n) is 6.91. The summed E-state index contributed by atoms with van der Waals surface area (Å²) >= 11 is 0. The molecule has 0 aliphatic carbocycles. The standard InChI is InChI=1S/C26H32N2O4/c29-26-28(23(19-31-26)21-8-2-1-3-9-21)14-6-7-20-12-15-27(16-13-20)17-22-18-30-24-10-4-5-11-25(24)32-22/h1-5,8-11,20,22-23H,6-7,12-19H2/t22-,23+/m0/s1. The highest BCUT2D eigenvalue weighted by Crippen LogP contribution is 2.32. The summed E-state index contributed by atoms with van der Waals surface area (Å²) in [6, 6.07) is 18.2. The minimum atomic E-state index is -0.176. The molecule has 3 aliphatic heterocycles. The van der Waals surface area contributed by atoms with Crippen molar-refractivity contribution < 1.29 is 19.0 Å². The van der Waals surface area contributed by atoms with Crippen molar-refractivity contribution >= 4 is 6.09 Å². The van der Waals surface area contributed by atoms with E-state index in [1.165, 1.54) is 12.8 Å². The molecule has 170 valence electrons. The number of likely N-dealkylation sites (tertiary alicyclic amines) is 1. The maximum absolute atomic E-state index is 12.2. The number of carbonyl (C=O) groups is 1. The van der Waals surface area contributed by atoms with Crippen LogP contribution in [-0.2, 0) is 4.74 Å². The summed E-state index contributed by atoms with van der Waals surface area (Å²) in [6.45, 7) is 4.96. The van der Waals surface area contributed by atoms with E-state index in [-0.39, 0.29) is 18.2 Å². The molecule has 3 heterocycles. The molecular formula is C26H32N2O4. The zero-order chi connectivity index (χ0) is 21.8. The van der Waals surface area contributed by atoms with Gasteiger partial charge in [-0.3, -0.25) is 9.80 Å². The predicted molar refractivity (Wildman–Crippen MR) is 122 cm³/mol. The number of amides is 1. The van der Waals surface area contributed by atoms with E-state index in [9.17, 15) is 4.79 Å². The van der Waals surface area contributed by atoms with Crippen molar-refractivity contribution in [1.82, 2.24) is 9.80 Å². The van der Waals surface area contributed by atoms with Gasteiger partial charge < -0.3 is 14.2 Å². The molecule has 0 saturated carbocycles. The molecule has 6 nitrogen and oxygen atoms in total. The Labute approximate surface area is 190 Å². The third-order valence-corrected chi connectivity index (χ3v) is 6.91. The van der Waals surface area contributed by atoms with Gasteiger partial charge in [-0.1, -0.05) is 42.5 Å². The minimum absolute atomic E-state index is 0.0494. The van der Waals surface area contributed by atoms with Gasteiger partial charge >= 0.3 is 6.09 Å². The van der Waals surface area contributed by atoms with E-state index in [2.05, 4.69) is 17.0 Å². The van der Waals surface area contributed by atoms with Gasteiger partial charge in [0.25, 0.3) is 0 Å². The summed E-state index contributed by atoms with van der Waals surface area (Å²) in [4.78, 5) is 16.6. The molecule has 1 amide bonds. The molecule has 2 fully saturated rings. The number of fused-ring (bicyclic) bond motifs is 1. The molecule has 0 bridgehead atoms. The Morgan fingerprint density at radius 1 is 0.875 bits per heavy atom. The Balaban J connectivity index is 1.04. The molecule has 0 aromatic heterocycles. The Morgan fingerprint density at radius 3 is 2.44 bits per heavy atom. The second kappa shape index (κ2) is 9.82. The van der Waals surface area contributed by atoms with Crippen LogP contribution in [-0.4, -0.2) is 61.4 Å². The Bertz CT molecular complexity index is 898. The van der Waals surface area contributed by atoms with Crippen molar-refractivity contribution in [3.63, 3.8) is 0 Å². The maximum Gasteiger partial charge on any atom is 0.410 e. The lowest BCUT2D eigenvalue weighted by Gasteiger charge is -2.35. The summed E-state index contributed by atoms with van der Waals surface area (Å²) in [6.07, 6.45) is 4.52. The molecule has 5 rings (SSSR count). The molecule has 0 unspecified atom stereocenters. The highest BCUT2D eigenvalue weighted by Gasteiger charge is 2.33. The summed E-state index contributed by atoms with van der Waals surface area (Å²) in [5.74, 6) is 2.43. The SMILES string of the molecule is O=C1OC[C@H](c2ccccc2)N1CCCC1CCN(C[C@H]2COc3ccccc3O2)CC1. The Morgan fingerprint density at radius 2 is 1.62 bits per heavy atom. The molecule has 6 heteroatoms. The van der Waals surface area contributed by atoms with Crippen molar-refractivity contribution in [3.05, 3.63) is 60.2 Å². The van der Waals surface area contributed by atoms with Crippen LogP contribution in [0.5, 0.6) is 11.5 Å². The van der Waals surface area contributed by atoms with Gasteiger partial charge in [-0.15, -0.1) is 0 Å². The lowest BCUT2D eigenvalue weighted by Crippen LogP contribution is -2.44. The molecule has 0 radical (unpaired) electrons. The first-order chi connectivity index (χ1) is 15.8. The average Bonchev–Trinajstić information content (AvgIpc) is 3.21. The largest absolute Gasteiger partial charge is 0.486 e. The lowest BCUT2D eigenvalue weighted by atomic mass is 9.92. The number of hydrogen-bond donors (Lipinski definition) is 0. The predicted octanol–water partition coefficient (Wildman–Crippen LogP) is 4.51. The van der Waals surface area contributed by atoms with E-state index in [1.807, 2.05) is 47.4 Å². The van der Waals surface area contributed by atoms with Crippen LogP contribution in [0.25, 0.3) is 0 Å². The van der Waals surface area contributed by atoms with Gasteiger partial charge in [0.05, 0.1) is 6.04 Å². The number of benzene rings is 2. The van der Waals surface area contributed by atoms with Crippen LogP contribution in [0.4, 0.5) is 4.79 Å². The second-order valence-corrected chi connectivity index (χ2v) is 9.08. The van der Waals surface area contributed by atoms with E-state index in [4.69, 9.17) is 14.2 Å². The minimum Gasteiger partial charge on any atom is -0.486 e. The van der Waals surface area contributed by atoms with Crippen molar-refractivity contribution in [2.45, 2.75) is 37.8 Å². The summed E-state index contributed by atoms with van der Waals surface area (Å²) in [5, 5.41) is 0. The molecular weight excluding hydrogens is 404 g/mol. The number of carbonyl (C=O) groups excluding carboxylic acids is 1. The third kappa shape index (κ3) is 4.85. The summed E-state index contributed by atoms with van der Waals surface area (Å²) < 4.78 is 17.3. The van der Waals surface area contributed by atoms with E-state index in [0.29, 0.717) is 13.2 Å². The molecule has 2 aromatic carbocycles. The number of para-hydroxylation sites is 2. The number of rotatable bonds is 7. The number of nitrogens with zero attached hydrogens (tertiary/aromatic N) is 2. The zero-order valence-corrected chi connectivity index (χ0v) is 18.5. The highest BCUT2D eigenvalue weighted by molar-refractivity contribution is 5.70. The molecule has 32 heavy (non-hydrogen) atoms. The van der Waals surface area contributed by atoms with E-state index in [0.717, 1.165) is 62.0 Å². The molecule has 3 aliphatic rings. The number of hydrogen-bond acceptors (Lipinski definition) is 5.